The monoisotopic (exact) mass is 302 g/mol. The van der Waals surface area contributed by atoms with Crippen LogP contribution >= 0.6 is 0 Å². The highest BCUT2D eigenvalue weighted by Crippen LogP contribution is 2.22. The highest BCUT2D eigenvalue weighted by Gasteiger charge is 2.24. The minimum Gasteiger partial charge on any atom is -0.385 e. The molecule has 0 saturated heterocycles. The predicted molar refractivity (Wildman–Crippen MR) is 90.9 cm³/mol. The Bertz CT molecular complexity index is 237. The molecular weight excluding hydrogens is 264 g/mol. The van der Waals surface area contributed by atoms with E-state index in [0.717, 1.165) is 52.4 Å². The Labute approximate surface area is 132 Å². The molecule has 0 aromatic rings. The Balaban J connectivity index is 4.35. The van der Waals surface area contributed by atoms with Crippen LogP contribution in [0.1, 0.15) is 40.5 Å². The zero-order valence-electron chi connectivity index (χ0n) is 15.2. The molecule has 1 unspecified atom stereocenters. The Kier molecular flexibility index (Phi) is 12.3. The van der Waals surface area contributed by atoms with Crippen LogP contribution in [0.2, 0.25) is 0 Å². The van der Waals surface area contributed by atoms with Crippen molar-refractivity contribution in [3.63, 3.8) is 0 Å². The predicted octanol–water partition coefficient (Wildman–Crippen LogP) is 2.63. The normalized spacial score (nSPS) is 14.9. The van der Waals surface area contributed by atoms with E-state index in [2.05, 4.69) is 37.9 Å². The molecular formula is C17H38N2O2. The van der Waals surface area contributed by atoms with Crippen molar-refractivity contribution in [2.75, 3.05) is 60.2 Å². The van der Waals surface area contributed by atoms with Crippen LogP contribution in [0.5, 0.6) is 0 Å². The van der Waals surface area contributed by atoms with E-state index < -0.39 is 0 Å². The van der Waals surface area contributed by atoms with Gasteiger partial charge in [-0.25, -0.2) is 0 Å². The molecule has 4 nitrogen and oxygen atoms in total. The molecule has 4 heteroatoms. The summed E-state index contributed by atoms with van der Waals surface area (Å²) >= 11 is 0. The summed E-state index contributed by atoms with van der Waals surface area (Å²) in [6.07, 6.45) is 2.27. The van der Waals surface area contributed by atoms with Crippen LogP contribution < -0.4 is 5.32 Å². The zero-order valence-corrected chi connectivity index (χ0v) is 15.2. The van der Waals surface area contributed by atoms with E-state index in [4.69, 9.17) is 9.47 Å². The van der Waals surface area contributed by atoms with Gasteiger partial charge in [-0.2, -0.15) is 0 Å². The minimum atomic E-state index is 0.315. The van der Waals surface area contributed by atoms with E-state index in [1.54, 1.807) is 14.2 Å². The van der Waals surface area contributed by atoms with Gasteiger partial charge in [-0.1, -0.05) is 27.7 Å². The standard InChI is InChI=1S/C17H38N2O2/c1-7-17(4,14-18-13-16(2)3)15-19(10-12-21-6)9-8-11-20-5/h16,18H,7-15H2,1-6H3. The van der Waals surface area contributed by atoms with E-state index >= 15 is 0 Å². The van der Waals surface area contributed by atoms with Gasteiger partial charge in [0, 0.05) is 47.0 Å². The Morgan fingerprint density at radius 3 is 2.29 bits per heavy atom. The third kappa shape index (κ3) is 11.1. The number of nitrogens with zero attached hydrogens (tertiary/aromatic N) is 1. The van der Waals surface area contributed by atoms with Crippen molar-refractivity contribution in [1.29, 1.82) is 0 Å². The second-order valence-electron chi connectivity index (χ2n) is 6.80. The largest absolute Gasteiger partial charge is 0.385 e. The van der Waals surface area contributed by atoms with Crippen LogP contribution in [0.4, 0.5) is 0 Å². The van der Waals surface area contributed by atoms with Crippen LogP contribution in [0.15, 0.2) is 0 Å². The summed E-state index contributed by atoms with van der Waals surface area (Å²) in [5, 5.41) is 3.62. The first-order valence-electron chi connectivity index (χ1n) is 8.38. The molecule has 0 rings (SSSR count). The van der Waals surface area contributed by atoms with Gasteiger partial charge in [-0.15, -0.1) is 0 Å². The number of rotatable bonds is 14. The van der Waals surface area contributed by atoms with E-state index in [-0.39, 0.29) is 0 Å². The second-order valence-corrected chi connectivity index (χ2v) is 6.80. The lowest BCUT2D eigenvalue weighted by molar-refractivity contribution is 0.0976. The molecule has 1 atom stereocenters. The van der Waals surface area contributed by atoms with Gasteiger partial charge in [-0.3, -0.25) is 0 Å². The average molecular weight is 303 g/mol. The molecule has 0 aliphatic heterocycles. The summed E-state index contributed by atoms with van der Waals surface area (Å²) in [5.74, 6) is 0.706. The third-order valence-corrected chi connectivity index (χ3v) is 4.00. The summed E-state index contributed by atoms with van der Waals surface area (Å²) in [5.41, 5.74) is 0.315. The van der Waals surface area contributed by atoms with Crippen LogP contribution in [0, 0.1) is 11.3 Å². The van der Waals surface area contributed by atoms with Crippen molar-refractivity contribution in [2.24, 2.45) is 11.3 Å². The van der Waals surface area contributed by atoms with Crippen molar-refractivity contribution < 1.29 is 9.47 Å². The maximum atomic E-state index is 5.25. The number of hydrogen-bond acceptors (Lipinski definition) is 4. The highest BCUT2D eigenvalue weighted by atomic mass is 16.5. The fraction of sp³-hybridized carbons (Fsp3) is 1.00. The lowest BCUT2D eigenvalue weighted by Gasteiger charge is -2.35. The van der Waals surface area contributed by atoms with Gasteiger partial charge in [0.05, 0.1) is 6.61 Å². The fourth-order valence-electron chi connectivity index (χ4n) is 2.42. The molecule has 0 aromatic carbocycles. The number of nitrogens with one attached hydrogen (secondary N) is 1. The van der Waals surface area contributed by atoms with Crippen LogP contribution in [-0.4, -0.2) is 65.1 Å². The summed E-state index contributed by atoms with van der Waals surface area (Å²) in [7, 11) is 3.54. The lowest BCUT2D eigenvalue weighted by atomic mass is 9.86. The molecule has 0 aromatic heterocycles. The van der Waals surface area contributed by atoms with Crippen LogP contribution in [0.3, 0.4) is 0 Å². The molecule has 0 aliphatic rings. The van der Waals surface area contributed by atoms with Crippen molar-refractivity contribution in [2.45, 2.75) is 40.5 Å². The highest BCUT2D eigenvalue weighted by molar-refractivity contribution is 4.80. The molecule has 0 amide bonds. The van der Waals surface area contributed by atoms with E-state index in [9.17, 15) is 0 Å². The molecule has 0 spiro atoms. The molecule has 21 heavy (non-hydrogen) atoms. The number of methoxy groups -OCH3 is 2. The average Bonchev–Trinajstić information content (AvgIpc) is 2.44. The number of ether oxygens (including phenoxy) is 2. The van der Waals surface area contributed by atoms with Crippen LogP contribution in [0.25, 0.3) is 0 Å². The van der Waals surface area contributed by atoms with Gasteiger partial charge in [0.25, 0.3) is 0 Å². The molecule has 0 radical (unpaired) electrons. The van der Waals surface area contributed by atoms with Gasteiger partial charge in [0.15, 0.2) is 0 Å². The van der Waals surface area contributed by atoms with Crippen molar-refractivity contribution in [3.8, 4) is 0 Å². The van der Waals surface area contributed by atoms with Crippen molar-refractivity contribution in [1.82, 2.24) is 10.2 Å². The molecule has 0 saturated carbocycles. The fourth-order valence-corrected chi connectivity index (χ4v) is 2.42. The first-order valence-corrected chi connectivity index (χ1v) is 8.38. The zero-order chi connectivity index (χ0) is 16.1. The SMILES string of the molecule is CCC(C)(CNCC(C)C)CN(CCCOC)CCOC. The van der Waals surface area contributed by atoms with Gasteiger partial charge in [0.1, 0.15) is 0 Å². The van der Waals surface area contributed by atoms with Gasteiger partial charge in [0.2, 0.25) is 0 Å². The smallest absolute Gasteiger partial charge is 0.0589 e. The van der Waals surface area contributed by atoms with Crippen molar-refractivity contribution in [3.05, 3.63) is 0 Å². The molecule has 0 bridgehead atoms. The van der Waals surface area contributed by atoms with Gasteiger partial charge in [-0.05, 0) is 30.7 Å². The number of hydrogen-bond donors (Lipinski definition) is 1. The van der Waals surface area contributed by atoms with E-state index in [1.807, 2.05) is 0 Å². The van der Waals surface area contributed by atoms with Crippen LogP contribution in [-0.2, 0) is 9.47 Å². The molecule has 0 fully saturated rings. The first-order chi connectivity index (χ1) is 9.97. The Hall–Kier alpha value is -0.160. The summed E-state index contributed by atoms with van der Waals surface area (Å²) in [6, 6.07) is 0. The maximum Gasteiger partial charge on any atom is 0.0589 e. The summed E-state index contributed by atoms with van der Waals surface area (Å²) in [6.45, 7) is 16.2. The van der Waals surface area contributed by atoms with Gasteiger partial charge < -0.3 is 19.7 Å². The molecule has 0 aliphatic carbocycles. The Morgan fingerprint density at radius 1 is 1.10 bits per heavy atom. The molecule has 0 heterocycles. The molecule has 1 N–H and O–H groups in total. The first kappa shape index (κ1) is 20.8. The van der Waals surface area contributed by atoms with E-state index in [1.165, 1.54) is 6.42 Å². The summed E-state index contributed by atoms with van der Waals surface area (Å²) in [4.78, 5) is 2.52. The Morgan fingerprint density at radius 2 is 1.76 bits per heavy atom. The maximum absolute atomic E-state index is 5.25. The third-order valence-electron chi connectivity index (χ3n) is 4.00. The topological polar surface area (TPSA) is 33.7 Å². The van der Waals surface area contributed by atoms with Crippen molar-refractivity contribution >= 4 is 0 Å². The molecule has 128 valence electrons. The van der Waals surface area contributed by atoms with E-state index in [0.29, 0.717) is 11.3 Å². The summed E-state index contributed by atoms with van der Waals surface area (Å²) < 4.78 is 10.4. The second kappa shape index (κ2) is 12.4. The quantitative estimate of drug-likeness (QED) is 0.500. The van der Waals surface area contributed by atoms with Gasteiger partial charge >= 0.3 is 0 Å². The minimum absolute atomic E-state index is 0.315. The lowest BCUT2D eigenvalue weighted by Crippen LogP contribution is -2.44.